The van der Waals surface area contributed by atoms with Crippen LogP contribution in [0.3, 0.4) is 0 Å². The van der Waals surface area contributed by atoms with Crippen molar-refractivity contribution in [3.05, 3.63) is 58.0 Å². The number of H-pyrrole nitrogens is 1. The van der Waals surface area contributed by atoms with Crippen LogP contribution in [0.4, 0.5) is 0 Å². The molecule has 5 rings (SSSR count). The molecule has 0 aliphatic carbocycles. The molecule has 1 atom stereocenters. The number of nitrogens with zero attached hydrogens (tertiary/aromatic N) is 4. The van der Waals surface area contributed by atoms with Gasteiger partial charge in [-0.15, -0.1) is 10.2 Å². The number of hydrogen-bond donors (Lipinski definition) is 2. The molecule has 1 aliphatic heterocycles. The molecule has 1 saturated heterocycles. The Morgan fingerprint density at radius 2 is 1.97 bits per heavy atom. The van der Waals surface area contributed by atoms with Crippen LogP contribution in [0.2, 0.25) is 0 Å². The lowest BCUT2D eigenvalue weighted by Gasteiger charge is -2.18. The summed E-state index contributed by atoms with van der Waals surface area (Å²) >= 11 is 0. The summed E-state index contributed by atoms with van der Waals surface area (Å²) in [5.41, 5.74) is 4.06. The summed E-state index contributed by atoms with van der Waals surface area (Å²) in [4.78, 5) is 18.0. The second-order valence-corrected chi connectivity index (χ2v) is 7.50. The first-order chi connectivity index (χ1) is 14.1. The van der Waals surface area contributed by atoms with E-state index in [0.29, 0.717) is 22.8 Å². The molecule has 4 heterocycles. The summed E-state index contributed by atoms with van der Waals surface area (Å²) in [5.74, 6) is 0.981. The smallest absolute Gasteiger partial charge is 0.285 e. The Kier molecular flexibility index (Phi) is 4.28. The van der Waals surface area contributed by atoms with Gasteiger partial charge in [-0.1, -0.05) is 30.3 Å². The molecule has 4 aromatic rings. The first-order valence-electron chi connectivity index (χ1n) is 9.85. The highest BCUT2D eigenvalue weighted by Gasteiger charge is 2.25. The third-order valence-electron chi connectivity index (χ3n) is 5.51. The number of fused-ring (bicyclic) bond motifs is 1. The van der Waals surface area contributed by atoms with Crippen molar-refractivity contribution in [3.63, 3.8) is 0 Å². The third kappa shape index (κ3) is 2.96. The Balaban J connectivity index is 1.63. The molecular weight excluding hydrogens is 368 g/mol. The average molecular weight is 390 g/mol. The maximum Gasteiger partial charge on any atom is 0.285 e. The molecule has 1 aliphatic rings. The van der Waals surface area contributed by atoms with Gasteiger partial charge in [0.15, 0.2) is 5.65 Å². The van der Waals surface area contributed by atoms with Gasteiger partial charge in [0.05, 0.1) is 5.69 Å². The Morgan fingerprint density at radius 1 is 1.14 bits per heavy atom. The minimum Gasteiger partial charge on any atom is -0.420 e. The van der Waals surface area contributed by atoms with E-state index in [1.54, 1.807) is 6.92 Å². The Hall–Kier alpha value is -3.26. The summed E-state index contributed by atoms with van der Waals surface area (Å²) in [6, 6.07) is 9.92. The highest BCUT2D eigenvalue weighted by molar-refractivity contribution is 5.80. The zero-order chi connectivity index (χ0) is 20.0. The van der Waals surface area contributed by atoms with Crippen molar-refractivity contribution < 1.29 is 4.42 Å². The Bertz CT molecular complexity index is 1230. The number of hydrogen-bond acceptors (Lipinski definition) is 6. The highest BCUT2D eigenvalue weighted by atomic mass is 16.4. The van der Waals surface area contributed by atoms with Crippen LogP contribution in [0.5, 0.6) is 0 Å². The fraction of sp³-hybridized carbons (Fsp3) is 0.333. The number of piperidine rings is 1. The van der Waals surface area contributed by atoms with Crippen molar-refractivity contribution in [2.75, 3.05) is 13.1 Å². The van der Waals surface area contributed by atoms with Gasteiger partial charge >= 0.3 is 0 Å². The first-order valence-corrected chi connectivity index (χ1v) is 9.85. The van der Waals surface area contributed by atoms with E-state index in [9.17, 15) is 4.79 Å². The third-order valence-corrected chi connectivity index (χ3v) is 5.51. The van der Waals surface area contributed by atoms with Crippen LogP contribution in [0.15, 0.2) is 39.5 Å². The normalized spacial score (nSPS) is 17.1. The molecule has 8 nitrogen and oxygen atoms in total. The monoisotopic (exact) mass is 390 g/mol. The van der Waals surface area contributed by atoms with Crippen LogP contribution in [0, 0.1) is 13.8 Å². The van der Waals surface area contributed by atoms with Gasteiger partial charge in [-0.25, -0.2) is 9.50 Å². The predicted octanol–water partition coefficient (Wildman–Crippen LogP) is 2.82. The molecule has 1 unspecified atom stereocenters. The maximum atomic E-state index is 13.3. The SMILES string of the molecule is Cc1nc2c(-c3ccccc3)c(C)[nH]n2c(=O)c1-c1nnc(C2CCCNC2)o1. The number of aromatic nitrogens is 5. The number of nitrogens with one attached hydrogen (secondary N) is 2. The van der Waals surface area contributed by atoms with Crippen LogP contribution in [-0.4, -0.2) is 37.9 Å². The second-order valence-electron chi connectivity index (χ2n) is 7.50. The minimum absolute atomic E-state index is 0.183. The fourth-order valence-electron chi connectivity index (χ4n) is 4.05. The Morgan fingerprint density at radius 3 is 2.72 bits per heavy atom. The largest absolute Gasteiger partial charge is 0.420 e. The van der Waals surface area contributed by atoms with E-state index in [-0.39, 0.29) is 17.4 Å². The Labute approximate surface area is 167 Å². The van der Waals surface area contributed by atoms with Crippen LogP contribution in [-0.2, 0) is 0 Å². The highest BCUT2D eigenvalue weighted by Crippen LogP contribution is 2.29. The van der Waals surface area contributed by atoms with Gasteiger partial charge < -0.3 is 9.73 Å². The molecule has 1 aromatic carbocycles. The van der Waals surface area contributed by atoms with Crippen molar-refractivity contribution in [3.8, 4) is 22.6 Å². The zero-order valence-electron chi connectivity index (χ0n) is 16.4. The van der Waals surface area contributed by atoms with E-state index in [4.69, 9.17) is 9.40 Å². The van der Waals surface area contributed by atoms with Gasteiger partial charge in [-0.05, 0) is 38.8 Å². The van der Waals surface area contributed by atoms with Crippen LogP contribution in [0.1, 0.15) is 36.0 Å². The van der Waals surface area contributed by atoms with Crippen LogP contribution in [0.25, 0.3) is 28.2 Å². The zero-order valence-corrected chi connectivity index (χ0v) is 16.4. The second kappa shape index (κ2) is 6.97. The van der Waals surface area contributed by atoms with E-state index in [2.05, 4.69) is 20.6 Å². The van der Waals surface area contributed by atoms with E-state index >= 15 is 0 Å². The number of aromatic amines is 1. The summed E-state index contributed by atoms with van der Waals surface area (Å²) in [6.07, 6.45) is 2.07. The maximum absolute atomic E-state index is 13.3. The molecule has 2 N–H and O–H groups in total. The lowest BCUT2D eigenvalue weighted by molar-refractivity contribution is 0.380. The predicted molar refractivity (Wildman–Crippen MR) is 109 cm³/mol. The van der Waals surface area contributed by atoms with Crippen molar-refractivity contribution in [1.29, 1.82) is 0 Å². The first kappa shape index (κ1) is 17.8. The lowest BCUT2D eigenvalue weighted by atomic mass is 10.00. The van der Waals surface area contributed by atoms with E-state index in [1.807, 2.05) is 37.3 Å². The van der Waals surface area contributed by atoms with Gasteiger partial charge in [-0.2, -0.15) is 0 Å². The van der Waals surface area contributed by atoms with E-state index in [1.165, 1.54) is 4.52 Å². The standard InChI is InChI=1S/C21H22N6O2/c1-12-17(20-25-24-19(29-20)15-9-6-10-22-11-15)21(28)27-18(23-12)16(13(2)26-27)14-7-4-3-5-8-14/h3-5,7-8,15,22,26H,6,9-11H2,1-2H3. The minimum atomic E-state index is -0.241. The van der Waals surface area contributed by atoms with Gasteiger partial charge in [0, 0.05) is 23.7 Å². The molecule has 0 saturated carbocycles. The van der Waals surface area contributed by atoms with Crippen molar-refractivity contribution >= 4 is 5.65 Å². The molecule has 148 valence electrons. The molecule has 0 radical (unpaired) electrons. The van der Waals surface area contributed by atoms with E-state index < -0.39 is 0 Å². The van der Waals surface area contributed by atoms with Gasteiger partial charge in [-0.3, -0.25) is 9.89 Å². The van der Waals surface area contributed by atoms with Gasteiger partial charge in [0.25, 0.3) is 11.4 Å². The molecule has 8 heteroatoms. The molecule has 0 spiro atoms. The van der Waals surface area contributed by atoms with Crippen molar-refractivity contribution in [1.82, 2.24) is 30.1 Å². The topological polar surface area (TPSA) is 101 Å². The summed E-state index contributed by atoms with van der Waals surface area (Å²) in [6.45, 7) is 5.56. The number of benzene rings is 1. The molecule has 3 aromatic heterocycles. The quantitative estimate of drug-likeness (QED) is 0.558. The molecule has 1 fully saturated rings. The summed E-state index contributed by atoms with van der Waals surface area (Å²) in [5, 5.41) is 14.9. The summed E-state index contributed by atoms with van der Waals surface area (Å²) < 4.78 is 7.38. The number of aryl methyl sites for hydroxylation is 2. The molecular formula is C21H22N6O2. The van der Waals surface area contributed by atoms with Crippen LogP contribution < -0.4 is 10.9 Å². The lowest BCUT2D eigenvalue weighted by Crippen LogP contribution is -2.28. The van der Waals surface area contributed by atoms with E-state index in [0.717, 1.165) is 42.8 Å². The van der Waals surface area contributed by atoms with Crippen molar-refractivity contribution in [2.24, 2.45) is 0 Å². The number of rotatable bonds is 3. The van der Waals surface area contributed by atoms with Gasteiger partial charge in [0.1, 0.15) is 5.56 Å². The fourth-order valence-corrected chi connectivity index (χ4v) is 4.05. The molecule has 0 amide bonds. The average Bonchev–Trinajstić information content (AvgIpc) is 3.34. The molecule has 29 heavy (non-hydrogen) atoms. The van der Waals surface area contributed by atoms with Crippen molar-refractivity contribution in [2.45, 2.75) is 32.6 Å². The van der Waals surface area contributed by atoms with Crippen LogP contribution >= 0.6 is 0 Å². The summed E-state index contributed by atoms with van der Waals surface area (Å²) in [7, 11) is 0. The molecule has 0 bridgehead atoms. The van der Waals surface area contributed by atoms with Gasteiger partial charge in [0.2, 0.25) is 5.89 Å².